The summed E-state index contributed by atoms with van der Waals surface area (Å²) in [6.45, 7) is 15.2. The van der Waals surface area contributed by atoms with Gasteiger partial charge in [-0.1, -0.05) is 76.7 Å². The number of hydrogen-bond donors (Lipinski definition) is 1. The molecule has 87 heavy (non-hydrogen) atoms. The van der Waals surface area contributed by atoms with Gasteiger partial charge in [-0.05, 0) is 168 Å². The quantitative estimate of drug-likeness (QED) is 0.0387. The van der Waals surface area contributed by atoms with Crippen molar-refractivity contribution in [1.82, 2.24) is 0 Å². The third-order valence-corrected chi connectivity index (χ3v) is 20.5. The third-order valence-electron chi connectivity index (χ3n) is 17.3. The Labute approximate surface area is 577 Å². The zero-order valence-corrected chi connectivity index (χ0v) is 61.6. The zero-order chi connectivity index (χ0) is 65.6. The number of methoxy groups -OCH3 is 5. The summed E-state index contributed by atoms with van der Waals surface area (Å²) < 4.78 is 78.4. The molecule has 1 aromatic rings. The molecule has 0 amide bonds. The molecule has 0 spiro atoms. The van der Waals surface area contributed by atoms with Crippen LogP contribution >= 0.6 is 22.4 Å². The van der Waals surface area contributed by atoms with Gasteiger partial charge in [-0.3, -0.25) is 33.0 Å². The minimum atomic E-state index is -3.47. The van der Waals surface area contributed by atoms with Gasteiger partial charge in [-0.2, -0.15) is 8.42 Å². The predicted octanol–water partition coefficient (Wildman–Crippen LogP) is 7.90. The van der Waals surface area contributed by atoms with Crippen LogP contribution < -0.4 is 51.4 Å². The van der Waals surface area contributed by atoms with Crippen molar-refractivity contribution in [2.24, 2.45) is 56.7 Å². The topological polar surface area (TPSA) is 273 Å². The Hall–Kier alpha value is -1.81. The number of aliphatic hydroxyl groups excluding tert-OH is 1. The minimum absolute atomic E-state index is 0. The van der Waals surface area contributed by atoms with Crippen LogP contribution in [0.3, 0.4) is 0 Å². The molecular weight excluding hydrogens is 1250 g/mol. The number of rotatable bonds is 17. The van der Waals surface area contributed by atoms with E-state index in [1.807, 2.05) is 32.0 Å². The largest absolute Gasteiger partial charge is 1.00 e. The maximum absolute atomic E-state index is 11.5. The maximum atomic E-state index is 11.5. The van der Waals surface area contributed by atoms with Crippen molar-refractivity contribution in [2.75, 3.05) is 73.1 Å². The number of halogens is 1. The molecule has 1 N–H and O–H groups in total. The molecule has 0 saturated heterocycles. The number of benzene rings is 1. The van der Waals surface area contributed by atoms with Crippen LogP contribution in [-0.2, 0) is 105 Å². The normalized spacial score (nSPS) is 28.5. The van der Waals surface area contributed by atoms with Gasteiger partial charge in [0.2, 0.25) is 9.05 Å². The molecule has 496 valence electrons. The van der Waals surface area contributed by atoms with Crippen molar-refractivity contribution in [3.05, 3.63) is 35.9 Å². The Morgan fingerprint density at radius 2 is 0.816 bits per heavy atom. The van der Waals surface area contributed by atoms with Crippen LogP contribution in [-0.4, -0.2) is 135 Å². The number of ether oxygens (including phenoxy) is 6. The predicted molar refractivity (Wildman–Crippen MR) is 335 cm³/mol. The SMILES string of the molecule is CC(=O)[S-].COC(=O)C1CCC(C)(CO)CC1.COC(=O)C1CCC(C)(COCc2ccccc2)CC1.COC(=O)C1CCC(C)(COS(C)(=O)=O)CC1.COC(=O)C1CCC(C)(CS(=O)(=O)Cl)CC1.COC(=O)C1CCC(C)(CSC(C)=O)CC1.[K+]. The van der Waals surface area contributed by atoms with Gasteiger partial charge < -0.3 is 51.0 Å². The van der Waals surface area contributed by atoms with Gasteiger partial charge >= 0.3 is 81.2 Å². The van der Waals surface area contributed by atoms with Crippen molar-refractivity contribution in [2.45, 2.75) is 183 Å². The second-order valence-corrected chi connectivity index (χ2v) is 31.7. The molecule has 0 heterocycles. The summed E-state index contributed by atoms with van der Waals surface area (Å²) in [6.07, 6.45) is 18.0. The van der Waals surface area contributed by atoms with Crippen LogP contribution in [0.1, 0.15) is 182 Å². The molecular formula is C62H102ClKO19S4. The number of aliphatic hydroxyl groups is 1. The van der Waals surface area contributed by atoms with E-state index < -0.39 is 19.2 Å². The number of carbonyl (C=O) groups is 7. The van der Waals surface area contributed by atoms with Crippen molar-refractivity contribution in [3.8, 4) is 0 Å². The first-order valence-electron chi connectivity index (χ1n) is 29.6. The fourth-order valence-electron chi connectivity index (χ4n) is 11.3. The second kappa shape index (κ2) is 41.7. The van der Waals surface area contributed by atoms with E-state index in [4.69, 9.17) is 43.7 Å². The average molecular weight is 1350 g/mol. The van der Waals surface area contributed by atoms with Gasteiger partial charge in [0, 0.05) is 35.1 Å². The molecule has 5 aliphatic rings. The standard InChI is InChI=1S/C17H24O3.C12H20O3S.C11H20O5S.C10H17ClO4S.C10H18O3.C2H4OS.K/c1-17(10-8-15(9-11-17)16(18)19-2)13-20-12-14-6-4-3-5-7-14;1-9(13)16-8-12(2)6-4-10(5-7-12)11(14)15-3;1-11(8-16-17(3,13)14)6-4-9(5-7-11)10(12)15-2;1-10(7-16(11,13)14)5-3-8(4-6-10)9(12)15-2;1-10(7-11)5-3-8(4-6-10)9(12)13-2;1-2(3)4;/h3-7,15H,8-13H2,1-2H3;10H,4-8H2,1-3H3;9H,4-8H2,1-3H3;8H,3-7H2,1-2H3;8,11H,3-7H2,1-2H3;1H3,(H,3,4);/q;;;;;;+1/p-1. The molecule has 5 fully saturated rings. The first-order valence-corrected chi connectivity index (χ1v) is 35.3. The molecule has 0 unspecified atom stereocenters. The molecule has 19 nitrogen and oxygen atoms in total. The maximum Gasteiger partial charge on any atom is 1.00 e. The molecule has 0 radical (unpaired) electrons. The van der Waals surface area contributed by atoms with Gasteiger partial charge in [0.1, 0.15) is 0 Å². The molecule has 0 aliphatic heterocycles. The Balaban J connectivity index is 0.00000105. The summed E-state index contributed by atoms with van der Waals surface area (Å²) in [5.74, 6) is 0.325. The van der Waals surface area contributed by atoms with E-state index in [2.05, 4.69) is 50.3 Å². The molecule has 0 aromatic heterocycles. The van der Waals surface area contributed by atoms with Crippen molar-refractivity contribution < 1.29 is 139 Å². The zero-order valence-electron chi connectivity index (χ0n) is 54.5. The molecule has 0 bridgehead atoms. The van der Waals surface area contributed by atoms with Gasteiger partial charge in [0.15, 0.2) is 5.12 Å². The van der Waals surface area contributed by atoms with Crippen LogP contribution in [0.25, 0.3) is 0 Å². The monoisotopic (exact) mass is 1350 g/mol. The first-order chi connectivity index (χ1) is 39.9. The van der Waals surface area contributed by atoms with E-state index in [1.165, 1.54) is 59.8 Å². The number of hydrogen-bond acceptors (Lipinski definition) is 21. The van der Waals surface area contributed by atoms with E-state index in [0.717, 1.165) is 121 Å². The molecule has 25 heteroatoms. The second-order valence-electron chi connectivity index (χ2n) is 25.6. The number of carbonyl (C=O) groups excluding carboxylic acids is 7. The summed E-state index contributed by atoms with van der Waals surface area (Å²) in [6, 6.07) is 10.2. The average Bonchev–Trinajstić information content (AvgIpc) is 1.79. The summed E-state index contributed by atoms with van der Waals surface area (Å²) in [5.41, 5.74) is 1.18. The molecule has 5 aliphatic carbocycles. The Morgan fingerprint density at radius 1 is 0.529 bits per heavy atom. The fraction of sp³-hybridized carbons (Fsp3) is 0.790. The summed E-state index contributed by atoms with van der Waals surface area (Å²) in [5, 5.41) is 9.04. The number of thioether (sulfide) groups is 1. The van der Waals surface area contributed by atoms with Crippen molar-refractivity contribution in [1.29, 1.82) is 0 Å². The molecule has 0 atom stereocenters. The molecule has 6 rings (SSSR count). The van der Waals surface area contributed by atoms with E-state index in [0.29, 0.717) is 32.3 Å². The van der Waals surface area contributed by atoms with E-state index >= 15 is 0 Å². The summed E-state index contributed by atoms with van der Waals surface area (Å²) >= 11 is 5.38. The first kappa shape index (κ1) is 85.2. The van der Waals surface area contributed by atoms with Gasteiger partial charge in [-0.15, -0.1) is 0 Å². The van der Waals surface area contributed by atoms with Gasteiger partial charge in [0.25, 0.3) is 10.1 Å². The van der Waals surface area contributed by atoms with Crippen LogP contribution in [0.4, 0.5) is 0 Å². The Kier molecular flexibility index (Phi) is 40.8. The molecule has 5 saturated carbocycles. The van der Waals surface area contributed by atoms with Crippen LogP contribution in [0.5, 0.6) is 0 Å². The van der Waals surface area contributed by atoms with Gasteiger partial charge in [-0.25, -0.2) is 8.42 Å². The smallest absolute Gasteiger partial charge is 0.742 e. The van der Waals surface area contributed by atoms with Crippen LogP contribution in [0.2, 0.25) is 0 Å². The van der Waals surface area contributed by atoms with E-state index in [1.54, 1.807) is 6.92 Å². The Bertz CT molecular complexity index is 2450. The van der Waals surface area contributed by atoms with Gasteiger partial charge in [0.05, 0.1) is 97.0 Å². The Morgan fingerprint density at radius 3 is 1.09 bits per heavy atom. The van der Waals surface area contributed by atoms with Crippen LogP contribution in [0, 0.1) is 56.7 Å². The number of esters is 5. The van der Waals surface area contributed by atoms with E-state index in [-0.39, 0.29) is 167 Å². The summed E-state index contributed by atoms with van der Waals surface area (Å²) in [4.78, 5) is 76.9. The van der Waals surface area contributed by atoms with Crippen LogP contribution in [0.15, 0.2) is 30.3 Å². The minimum Gasteiger partial charge on any atom is -0.742 e. The summed E-state index contributed by atoms with van der Waals surface area (Å²) in [7, 11) is 5.52. The van der Waals surface area contributed by atoms with Crippen molar-refractivity contribution >= 4 is 94.3 Å². The fourth-order valence-corrected chi connectivity index (χ4v) is 14.5. The van der Waals surface area contributed by atoms with Crippen molar-refractivity contribution in [3.63, 3.8) is 0 Å². The third kappa shape index (κ3) is 36.3. The molecule has 1 aromatic carbocycles. The van der Waals surface area contributed by atoms with E-state index in [9.17, 15) is 50.4 Å².